The third-order valence-corrected chi connectivity index (χ3v) is 3.40. The van der Waals surface area contributed by atoms with E-state index in [9.17, 15) is 0 Å². The highest BCUT2D eigenvalue weighted by Gasteiger charge is 2.13. The molecule has 1 aromatic rings. The Morgan fingerprint density at radius 3 is 2.56 bits per heavy atom. The zero-order valence-electron chi connectivity index (χ0n) is 10.4. The molecule has 2 heteroatoms. The summed E-state index contributed by atoms with van der Waals surface area (Å²) in [7, 11) is 4.16. The van der Waals surface area contributed by atoms with Gasteiger partial charge in [0.15, 0.2) is 0 Å². The Kier molecular flexibility index (Phi) is 3.83. The fourth-order valence-corrected chi connectivity index (χ4v) is 2.30. The minimum atomic E-state index is 0.758. The quantitative estimate of drug-likeness (QED) is 0.835. The third kappa shape index (κ3) is 2.99. The van der Waals surface area contributed by atoms with Crippen LogP contribution in [0, 0.1) is 0 Å². The van der Waals surface area contributed by atoms with Crippen molar-refractivity contribution >= 4 is 5.69 Å². The zero-order chi connectivity index (χ0) is 11.4. The number of nitrogens with zero attached hydrogens (tertiary/aromatic N) is 1. The van der Waals surface area contributed by atoms with E-state index in [1.54, 1.807) is 0 Å². The first-order valence-electron chi connectivity index (χ1n) is 6.25. The molecule has 88 valence electrons. The predicted molar refractivity (Wildman–Crippen MR) is 70.1 cm³/mol. The normalized spacial score (nSPS) is 20.0. The maximum atomic E-state index is 3.55. The molecule has 0 bridgehead atoms. The van der Waals surface area contributed by atoms with E-state index in [-0.39, 0.29) is 0 Å². The summed E-state index contributed by atoms with van der Waals surface area (Å²) < 4.78 is 0. The Balaban J connectivity index is 1.84. The van der Waals surface area contributed by atoms with Crippen LogP contribution in [0.25, 0.3) is 0 Å². The van der Waals surface area contributed by atoms with Crippen molar-refractivity contribution < 1.29 is 0 Å². The van der Waals surface area contributed by atoms with E-state index < -0.39 is 0 Å². The first-order chi connectivity index (χ1) is 7.75. The summed E-state index contributed by atoms with van der Waals surface area (Å²) in [6.07, 6.45) is 5.19. The molecule has 0 spiro atoms. The molecule has 1 heterocycles. The second-order valence-corrected chi connectivity index (χ2v) is 4.89. The number of aryl methyl sites for hydroxylation is 1. The molecule has 1 unspecified atom stereocenters. The lowest BCUT2D eigenvalue weighted by molar-refractivity contribution is 0.559. The molecule has 1 saturated heterocycles. The Morgan fingerprint density at radius 1 is 1.25 bits per heavy atom. The summed E-state index contributed by atoms with van der Waals surface area (Å²) in [6, 6.07) is 9.68. The van der Waals surface area contributed by atoms with Crippen molar-refractivity contribution in [2.45, 2.75) is 31.7 Å². The van der Waals surface area contributed by atoms with Gasteiger partial charge in [0.2, 0.25) is 0 Å². The molecule has 0 saturated carbocycles. The minimum absolute atomic E-state index is 0.758. The summed E-state index contributed by atoms with van der Waals surface area (Å²) >= 11 is 0. The molecule has 1 aliphatic heterocycles. The lowest BCUT2D eigenvalue weighted by Crippen LogP contribution is -2.21. The fourth-order valence-electron chi connectivity index (χ4n) is 2.30. The van der Waals surface area contributed by atoms with Gasteiger partial charge in [0.05, 0.1) is 0 Å². The molecule has 1 aromatic carbocycles. The molecule has 0 amide bonds. The van der Waals surface area contributed by atoms with E-state index in [4.69, 9.17) is 0 Å². The smallest absolute Gasteiger partial charge is 0.0361 e. The topological polar surface area (TPSA) is 15.3 Å². The van der Waals surface area contributed by atoms with Crippen LogP contribution in [-0.4, -0.2) is 26.7 Å². The molecule has 0 aliphatic carbocycles. The highest BCUT2D eigenvalue weighted by atomic mass is 15.1. The molecule has 2 rings (SSSR count). The highest BCUT2D eigenvalue weighted by Crippen LogP contribution is 2.16. The molecule has 1 N–H and O–H groups in total. The Morgan fingerprint density at radius 2 is 2.00 bits per heavy atom. The number of benzene rings is 1. The van der Waals surface area contributed by atoms with Gasteiger partial charge in [-0.1, -0.05) is 12.1 Å². The second kappa shape index (κ2) is 5.35. The largest absolute Gasteiger partial charge is 0.378 e. The molecular weight excluding hydrogens is 196 g/mol. The maximum Gasteiger partial charge on any atom is 0.0361 e. The number of nitrogens with one attached hydrogen (secondary N) is 1. The summed E-state index contributed by atoms with van der Waals surface area (Å²) in [5.74, 6) is 0. The van der Waals surface area contributed by atoms with Crippen LogP contribution < -0.4 is 10.2 Å². The van der Waals surface area contributed by atoms with Gasteiger partial charge < -0.3 is 10.2 Å². The van der Waals surface area contributed by atoms with Crippen LogP contribution in [0.15, 0.2) is 24.3 Å². The lowest BCUT2D eigenvalue weighted by Gasteiger charge is -2.13. The average Bonchev–Trinajstić information content (AvgIpc) is 2.80. The van der Waals surface area contributed by atoms with Gasteiger partial charge in [-0.2, -0.15) is 0 Å². The summed E-state index contributed by atoms with van der Waals surface area (Å²) in [6.45, 7) is 1.21. The summed E-state index contributed by atoms with van der Waals surface area (Å²) in [5, 5.41) is 3.55. The number of hydrogen-bond donors (Lipinski definition) is 1. The minimum Gasteiger partial charge on any atom is -0.378 e. The highest BCUT2D eigenvalue weighted by molar-refractivity contribution is 5.45. The molecule has 0 aromatic heterocycles. The molecule has 1 aliphatic rings. The van der Waals surface area contributed by atoms with Gasteiger partial charge in [-0.25, -0.2) is 0 Å². The van der Waals surface area contributed by atoms with Crippen LogP contribution >= 0.6 is 0 Å². The van der Waals surface area contributed by atoms with E-state index in [0.29, 0.717) is 0 Å². The van der Waals surface area contributed by atoms with Crippen molar-refractivity contribution in [1.29, 1.82) is 0 Å². The monoisotopic (exact) mass is 218 g/mol. The molecule has 2 nitrogen and oxygen atoms in total. The molecule has 1 fully saturated rings. The Bertz CT molecular complexity index is 310. The number of anilines is 1. The van der Waals surface area contributed by atoms with Crippen molar-refractivity contribution in [3.63, 3.8) is 0 Å². The van der Waals surface area contributed by atoms with E-state index >= 15 is 0 Å². The zero-order valence-corrected chi connectivity index (χ0v) is 10.4. The first-order valence-corrected chi connectivity index (χ1v) is 6.25. The summed E-state index contributed by atoms with van der Waals surface area (Å²) in [4.78, 5) is 2.14. The number of rotatable bonds is 4. The lowest BCUT2D eigenvalue weighted by atomic mass is 10.0. The third-order valence-electron chi connectivity index (χ3n) is 3.40. The van der Waals surface area contributed by atoms with Crippen molar-refractivity contribution in [2.75, 3.05) is 25.5 Å². The first kappa shape index (κ1) is 11.5. The fraction of sp³-hybridized carbons (Fsp3) is 0.571. The molecule has 0 radical (unpaired) electrons. The van der Waals surface area contributed by atoms with Crippen molar-refractivity contribution in [3.8, 4) is 0 Å². The molecule has 16 heavy (non-hydrogen) atoms. The Labute approximate surface area is 98.7 Å². The summed E-state index contributed by atoms with van der Waals surface area (Å²) in [5.41, 5.74) is 2.74. The van der Waals surface area contributed by atoms with Gasteiger partial charge in [0.25, 0.3) is 0 Å². The van der Waals surface area contributed by atoms with Gasteiger partial charge in [-0.05, 0) is 49.9 Å². The number of hydrogen-bond acceptors (Lipinski definition) is 2. The van der Waals surface area contributed by atoms with Crippen molar-refractivity contribution in [2.24, 2.45) is 0 Å². The molecular formula is C14H22N2. The van der Waals surface area contributed by atoms with Crippen LogP contribution in [0.2, 0.25) is 0 Å². The molecule has 1 atom stereocenters. The van der Waals surface area contributed by atoms with E-state index in [1.807, 2.05) is 0 Å². The van der Waals surface area contributed by atoms with E-state index in [0.717, 1.165) is 6.04 Å². The maximum absolute atomic E-state index is 3.55. The van der Waals surface area contributed by atoms with Crippen molar-refractivity contribution in [1.82, 2.24) is 5.32 Å². The standard InChI is InChI=1S/C14H22N2/c1-16(2)14-9-6-12(7-10-14)5-8-13-4-3-11-15-13/h6-7,9-10,13,15H,3-5,8,11H2,1-2H3. The van der Waals surface area contributed by atoms with Crippen LogP contribution in [0.1, 0.15) is 24.8 Å². The van der Waals surface area contributed by atoms with Gasteiger partial charge in [-0.3, -0.25) is 0 Å². The van der Waals surface area contributed by atoms with Gasteiger partial charge >= 0.3 is 0 Å². The van der Waals surface area contributed by atoms with Crippen LogP contribution in [-0.2, 0) is 6.42 Å². The average molecular weight is 218 g/mol. The second-order valence-electron chi connectivity index (χ2n) is 4.89. The Hall–Kier alpha value is -1.02. The van der Waals surface area contributed by atoms with Crippen LogP contribution in [0.3, 0.4) is 0 Å². The SMILES string of the molecule is CN(C)c1ccc(CCC2CCCN2)cc1. The van der Waals surface area contributed by atoms with E-state index in [1.165, 1.54) is 43.5 Å². The predicted octanol–water partition coefficient (Wildman–Crippen LogP) is 2.44. The van der Waals surface area contributed by atoms with Crippen LogP contribution in [0.4, 0.5) is 5.69 Å². The van der Waals surface area contributed by atoms with Crippen LogP contribution in [0.5, 0.6) is 0 Å². The van der Waals surface area contributed by atoms with Crippen molar-refractivity contribution in [3.05, 3.63) is 29.8 Å². The van der Waals surface area contributed by atoms with Gasteiger partial charge in [0.1, 0.15) is 0 Å². The van der Waals surface area contributed by atoms with Gasteiger partial charge in [-0.15, -0.1) is 0 Å². The van der Waals surface area contributed by atoms with Gasteiger partial charge in [0, 0.05) is 25.8 Å². The van der Waals surface area contributed by atoms with E-state index in [2.05, 4.69) is 48.6 Å².